The van der Waals surface area contributed by atoms with Crippen molar-refractivity contribution in [1.29, 1.82) is 0 Å². The highest BCUT2D eigenvalue weighted by Gasteiger charge is 2.30. The van der Waals surface area contributed by atoms with Gasteiger partial charge in [-0.1, -0.05) is 12.1 Å². The second kappa shape index (κ2) is 9.59. The number of hydrogen-bond acceptors (Lipinski definition) is 7. The molecular formula is C19H25NO7S. The molecule has 0 aromatic heterocycles. The van der Waals surface area contributed by atoms with Crippen molar-refractivity contribution >= 4 is 21.7 Å². The van der Waals surface area contributed by atoms with Crippen molar-refractivity contribution in [2.75, 3.05) is 25.2 Å². The number of methoxy groups -OCH3 is 1. The summed E-state index contributed by atoms with van der Waals surface area (Å²) in [6.45, 7) is 4.70. The van der Waals surface area contributed by atoms with Crippen LogP contribution < -0.4 is 14.8 Å². The fourth-order valence-corrected chi connectivity index (χ4v) is 4.45. The fourth-order valence-electron chi connectivity index (χ4n) is 2.77. The summed E-state index contributed by atoms with van der Waals surface area (Å²) in [4.78, 5) is 24.0. The number of ether oxygens (including phenoxy) is 3. The highest BCUT2D eigenvalue weighted by molar-refractivity contribution is 7.91. The Morgan fingerprint density at radius 3 is 2.71 bits per heavy atom. The van der Waals surface area contributed by atoms with Crippen LogP contribution in [0.1, 0.15) is 18.9 Å². The normalized spacial score (nSPS) is 18.7. The molecule has 1 aliphatic rings. The largest absolute Gasteiger partial charge is 0.493 e. The van der Waals surface area contributed by atoms with E-state index < -0.39 is 40.5 Å². The number of amides is 1. The summed E-state index contributed by atoms with van der Waals surface area (Å²) < 4.78 is 38.6. The molecule has 154 valence electrons. The second-order valence-corrected chi connectivity index (χ2v) is 8.74. The summed E-state index contributed by atoms with van der Waals surface area (Å²) in [5.74, 6) is -0.459. The highest BCUT2D eigenvalue weighted by atomic mass is 32.2. The van der Waals surface area contributed by atoms with Crippen molar-refractivity contribution in [3.8, 4) is 11.5 Å². The third kappa shape index (κ3) is 6.26. The van der Waals surface area contributed by atoms with Gasteiger partial charge in [-0.2, -0.15) is 0 Å². The lowest BCUT2D eigenvalue weighted by Crippen LogP contribution is -2.43. The molecular weight excluding hydrogens is 386 g/mol. The number of sulfone groups is 1. The van der Waals surface area contributed by atoms with Crippen molar-refractivity contribution in [1.82, 2.24) is 5.32 Å². The zero-order valence-corrected chi connectivity index (χ0v) is 16.8. The monoisotopic (exact) mass is 411 g/mol. The Morgan fingerprint density at radius 2 is 2.11 bits per heavy atom. The number of carbonyl (C=O) groups excluding carboxylic acids is 2. The van der Waals surface area contributed by atoms with Crippen molar-refractivity contribution in [2.45, 2.75) is 31.9 Å². The van der Waals surface area contributed by atoms with Crippen molar-refractivity contribution in [3.63, 3.8) is 0 Å². The van der Waals surface area contributed by atoms with E-state index in [2.05, 4.69) is 11.9 Å². The van der Waals surface area contributed by atoms with Gasteiger partial charge in [-0.3, -0.25) is 4.79 Å². The van der Waals surface area contributed by atoms with Gasteiger partial charge in [-0.05, 0) is 37.5 Å². The van der Waals surface area contributed by atoms with Gasteiger partial charge in [0.05, 0.1) is 18.6 Å². The Bertz CT molecular complexity index is 835. The molecule has 2 atom stereocenters. The zero-order valence-electron chi connectivity index (χ0n) is 16.0. The van der Waals surface area contributed by atoms with Crippen LogP contribution in [0.3, 0.4) is 0 Å². The summed E-state index contributed by atoms with van der Waals surface area (Å²) in [7, 11) is -1.61. The minimum absolute atomic E-state index is 0.0490. The molecule has 0 radical (unpaired) electrons. The van der Waals surface area contributed by atoms with Crippen LogP contribution in [0, 0.1) is 0 Å². The van der Waals surface area contributed by atoms with Gasteiger partial charge < -0.3 is 19.5 Å². The molecule has 9 heteroatoms. The van der Waals surface area contributed by atoms with E-state index in [4.69, 9.17) is 14.2 Å². The number of rotatable bonds is 9. The van der Waals surface area contributed by atoms with Gasteiger partial charge in [0.1, 0.15) is 0 Å². The maximum Gasteiger partial charge on any atom is 0.344 e. The Morgan fingerprint density at radius 1 is 1.36 bits per heavy atom. The Labute approximate surface area is 164 Å². The number of hydrogen-bond donors (Lipinski definition) is 1. The molecule has 0 spiro atoms. The highest BCUT2D eigenvalue weighted by Crippen LogP contribution is 2.28. The van der Waals surface area contributed by atoms with E-state index in [0.717, 1.165) is 5.56 Å². The number of esters is 1. The molecule has 2 rings (SSSR count). The molecule has 0 bridgehead atoms. The van der Waals surface area contributed by atoms with E-state index >= 15 is 0 Å². The molecule has 0 aliphatic carbocycles. The lowest BCUT2D eigenvalue weighted by atomic mass is 10.1. The summed E-state index contributed by atoms with van der Waals surface area (Å²) in [6, 6.07) is 4.85. The maximum absolute atomic E-state index is 12.1. The molecule has 1 fully saturated rings. The van der Waals surface area contributed by atoms with Crippen LogP contribution in [0.2, 0.25) is 0 Å². The van der Waals surface area contributed by atoms with Crippen molar-refractivity contribution < 1.29 is 32.2 Å². The van der Waals surface area contributed by atoms with Gasteiger partial charge in [-0.15, -0.1) is 6.58 Å². The van der Waals surface area contributed by atoms with Gasteiger partial charge in [0.2, 0.25) is 0 Å². The maximum atomic E-state index is 12.1. The molecule has 8 nitrogen and oxygen atoms in total. The molecule has 1 heterocycles. The van der Waals surface area contributed by atoms with Crippen LogP contribution >= 0.6 is 0 Å². The SMILES string of the molecule is C=CCc1ccc(OCC(=O)O[C@@H](C)C(=O)N[C@@H]2CCS(=O)(=O)C2)c(OC)c1. The third-order valence-electron chi connectivity index (χ3n) is 4.21. The predicted molar refractivity (Wildman–Crippen MR) is 103 cm³/mol. The quantitative estimate of drug-likeness (QED) is 0.478. The number of carbonyl (C=O) groups is 2. The average Bonchev–Trinajstić information content (AvgIpc) is 2.98. The Hall–Kier alpha value is -2.55. The summed E-state index contributed by atoms with van der Waals surface area (Å²) >= 11 is 0. The Kier molecular flexibility index (Phi) is 7.45. The van der Waals surface area contributed by atoms with Crippen LogP contribution in [-0.2, 0) is 30.6 Å². The van der Waals surface area contributed by atoms with Crippen molar-refractivity contribution in [3.05, 3.63) is 36.4 Å². The first-order chi connectivity index (χ1) is 13.2. The lowest BCUT2D eigenvalue weighted by Gasteiger charge is -2.17. The first-order valence-electron chi connectivity index (χ1n) is 8.85. The number of nitrogens with one attached hydrogen (secondary N) is 1. The number of allylic oxidation sites excluding steroid dienone is 1. The van der Waals surface area contributed by atoms with Gasteiger partial charge in [0, 0.05) is 6.04 Å². The van der Waals surface area contributed by atoms with Crippen LogP contribution in [0.15, 0.2) is 30.9 Å². The third-order valence-corrected chi connectivity index (χ3v) is 5.98. The minimum atomic E-state index is -3.10. The van der Waals surface area contributed by atoms with E-state index in [1.54, 1.807) is 18.2 Å². The van der Waals surface area contributed by atoms with E-state index in [9.17, 15) is 18.0 Å². The average molecular weight is 411 g/mol. The topological polar surface area (TPSA) is 108 Å². The molecule has 1 aliphatic heterocycles. The summed E-state index contributed by atoms with van der Waals surface area (Å²) in [6.07, 6.45) is 1.74. The molecule has 1 amide bonds. The summed E-state index contributed by atoms with van der Waals surface area (Å²) in [5, 5.41) is 2.59. The first kappa shape index (κ1) is 21.7. The Balaban J connectivity index is 1.83. The zero-order chi connectivity index (χ0) is 20.7. The van der Waals surface area contributed by atoms with E-state index in [0.29, 0.717) is 24.3 Å². The molecule has 0 saturated carbocycles. The van der Waals surface area contributed by atoms with E-state index in [-0.39, 0.29) is 11.5 Å². The van der Waals surface area contributed by atoms with Gasteiger partial charge >= 0.3 is 5.97 Å². The summed E-state index contributed by atoms with van der Waals surface area (Å²) in [5.41, 5.74) is 0.987. The second-order valence-electron chi connectivity index (χ2n) is 6.51. The standard InChI is InChI=1S/C19H25NO7S/c1-4-5-14-6-7-16(17(10-14)25-3)26-11-18(21)27-13(2)19(22)20-15-8-9-28(23,24)12-15/h4,6-7,10,13,15H,1,5,8-9,11-12H2,2-3H3,(H,20,22)/t13-,15+/m0/s1. The fraction of sp³-hybridized carbons (Fsp3) is 0.474. The van der Waals surface area contributed by atoms with Crippen molar-refractivity contribution in [2.24, 2.45) is 0 Å². The lowest BCUT2D eigenvalue weighted by molar-refractivity contribution is -0.156. The molecule has 1 aromatic rings. The predicted octanol–water partition coefficient (Wildman–Crippen LogP) is 1.04. The molecule has 1 saturated heterocycles. The van der Waals surface area contributed by atoms with Crippen LogP contribution in [-0.4, -0.2) is 57.7 Å². The van der Waals surface area contributed by atoms with E-state index in [1.165, 1.54) is 14.0 Å². The van der Waals surface area contributed by atoms with E-state index in [1.807, 2.05) is 6.07 Å². The van der Waals surface area contributed by atoms with Crippen LogP contribution in [0.5, 0.6) is 11.5 Å². The van der Waals surface area contributed by atoms with Gasteiger partial charge in [0.25, 0.3) is 5.91 Å². The van der Waals surface area contributed by atoms with Gasteiger partial charge in [-0.25, -0.2) is 13.2 Å². The minimum Gasteiger partial charge on any atom is -0.493 e. The van der Waals surface area contributed by atoms with Gasteiger partial charge in [0.15, 0.2) is 34.0 Å². The van der Waals surface area contributed by atoms with Crippen LogP contribution in [0.4, 0.5) is 0 Å². The first-order valence-corrected chi connectivity index (χ1v) is 10.7. The smallest absolute Gasteiger partial charge is 0.344 e. The molecule has 0 unspecified atom stereocenters. The van der Waals surface area contributed by atoms with Crippen LogP contribution in [0.25, 0.3) is 0 Å². The molecule has 28 heavy (non-hydrogen) atoms. The number of benzene rings is 1. The molecule has 1 aromatic carbocycles. The molecule has 1 N–H and O–H groups in total.